The van der Waals surface area contributed by atoms with E-state index in [0.717, 1.165) is 11.3 Å². The summed E-state index contributed by atoms with van der Waals surface area (Å²) in [6.45, 7) is 3.88. The second-order valence-corrected chi connectivity index (χ2v) is 5.91. The van der Waals surface area contributed by atoms with Gasteiger partial charge in [-0.1, -0.05) is 36.4 Å². The van der Waals surface area contributed by atoms with E-state index in [1.807, 2.05) is 62.4 Å². The normalized spacial score (nSPS) is 28.4. The first kappa shape index (κ1) is 13.8. The van der Waals surface area contributed by atoms with Gasteiger partial charge in [-0.15, -0.1) is 0 Å². The second kappa shape index (κ2) is 4.97. The molecule has 0 unspecified atom stereocenters. The fraction of sp³-hybridized carbons (Fsp3) is 0.294. The molecule has 3 rings (SSSR count). The van der Waals surface area contributed by atoms with Crippen LogP contribution >= 0.6 is 0 Å². The number of aromatic nitrogens is 1. The van der Waals surface area contributed by atoms with E-state index in [9.17, 15) is 4.79 Å². The van der Waals surface area contributed by atoms with Gasteiger partial charge in [-0.2, -0.15) is 0 Å². The predicted octanol–water partition coefficient (Wildman–Crippen LogP) is 1.98. The van der Waals surface area contributed by atoms with Crippen LogP contribution in [-0.2, 0) is 16.9 Å². The number of hydrogen-bond donors (Lipinski definition) is 2. The lowest BCUT2D eigenvalue weighted by atomic mass is 9.92. The highest BCUT2D eigenvalue weighted by atomic mass is 16.2. The summed E-state index contributed by atoms with van der Waals surface area (Å²) in [6.07, 6.45) is 2.38. The minimum absolute atomic E-state index is 0.000457. The third-order valence-corrected chi connectivity index (χ3v) is 3.97. The molecule has 2 aromatic rings. The third kappa shape index (κ3) is 2.54. The molecule has 1 saturated heterocycles. The standard InChI is InChI=1S/C17H19N3O/c1-16(12-13-8-4-3-5-9-13)15(21)19-17(2,20-16)14-10-6-7-11-18-14/h3-11,20H,12H2,1-2H3,(H,19,21)/t16-,17+/m0/s1. The number of hydrogen-bond acceptors (Lipinski definition) is 3. The van der Waals surface area contributed by atoms with Gasteiger partial charge in [0, 0.05) is 6.20 Å². The van der Waals surface area contributed by atoms with Crippen molar-refractivity contribution in [3.8, 4) is 0 Å². The Morgan fingerprint density at radius 3 is 2.43 bits per heavy atom. The Morgan fingerprint density at radius 1 is 1.05 bits per heavy atom. The minimum atomic E-state index is -0.645. The molecule has 2 heterocycles. The molecule has 108 valence electrons. The number of nitrogens with one attached hydrogen (secondary N) is 2. The third-order valence-electron chi connectivity index (χ3n) is 3.97. The number of nitrogens with zero attached hydrogens (tertiary/aromatic N) is 1. The van der Waals surface area contributed by atoms with Crippen LogP contribution in [0.4, 0.5) is 0 Å². The molecule has 4 nitrogen and oxygen atoms in total. The first-order chi connectivity index (χ1) is 10.0. The zero-order valence-corrected chi connectivity index (χ0v) is 12.3. The summed E-state index contributed by atoms with van der Waals surface area (Å²) in [5, 5.41) is 6.48. The van der Waals surface area contributed by atoms with Gasteiger partial charge in [0.15, 0.2) is 0 Å². The fourth-order valence-electron chi connectivity index (χ4n) is 2.92. The molecule has 0 bridgehead atoms. The van der Waals surface area contributed by atoms with E-state index < -0.39 is 11.2 Å². The maximum Gasteiger partial charge on any atom is 0.242 e. The van der Waals surface area contributed by atoms with E-state index in [1.165, 1.54) is 0 Å². The summed E-state index contributed by atoms with van der Waals surface area (Å²) in [5.41, 5.74) is 0.665. The molecule has 1 fully saturated rings. The van der Waals surface area contributed by atoms with Crippen LogP contribution in [0.5, 0.6) is 0 Å². The topological polar surface area (TPSA) is 54.0 Å². The lowest BCUT2D eigenvalue weighted by Crippen LogP contribution is -2.50. The van der Waals surface area contributed by atoms with Gasteiger partial charge in [-0.25, -0.2) is 0 Å². The number of rotatable bonds is 3. The Hall–Kier alpha value is -2.20. The smallest absolute Gasteiger partial charge is 0.242 e. The predicted molar refractivity (Wildman–Crippen MR) is 81.4 cm³/mol. The fourth-order valence-corrected chi connectivity index (χ4v) is 2.92. The van der Waals surface area contributed by atoms with Crippen LogP contribution in [0.1, 0.15) is 25.1 Å². The maximum atomic E-state index is 12.5. The van der Waals surface area contributed by atoms with Crippen molar-refractivity contribution in [3.05, 3.63) is 66.0 Å². The molecule has 0 spiro atoms. The lowest BCUT2D eigenvalue weighted by Gasteiger charge is -2.28. The summed E-state index contributed by atoms with van der Waals surface area (Å²) in [7, 11) is 0. The molecule has 2 atom stereocenters. The highest BCUT2D eigenvalue weighted by Gasteiger charge is 2.49. The number of carbonyl (C=O) groups is 1. The quantitative estimate of drug-likeness (QED) is 0.904. The maximum absolute atomic E-state index is 12.5. The summed E-state index contributed by atoms with van der Waals surface area (Å²) in [5.74, 6) is -0.000457. The van der Waals surface area contributed by atoms with Gasteiger partial charge in [-0.3, -0.25) is 15.1 Å². The second-order valence-electron chi connectivity index (χ2n) is 5.91. The van der Waals surface area contributed by atoms with Crippen molar-refractivity contribution < 1.29 is 4.79 Å². The zero-order valence-electron chi connectivity index (χ0n) is 12.3. The van der Waals surface area contributed by atoms with E-state index in [2.05, 4.69) is 15.6 Å². The number of carbonyl (C=O) groups excluding carboxylic acids is 1. The van der Waals surface area contributed by atoms with Gasteiger partial charge in [-0.05, 0) is 38.0 Å². The molecule has 1 aliphatic rings. The zero-order chi connectivity index (χ0) is 14.9. The van der Waals surface area contributed by atoms with E-state index >= 15 is 0 Å². The molecule has 4 heteroatoms. The van der Waals surface area contributed by atoms with Crippen LogP contribution in [0.3, 0.4) is 0 Å². The summed E-state index contributed by atoms with van der Waals surface area (Å²) >= 11 is 0. The highest BCUT2D eigenvalue weighted by Crippen LogP contribution is 2.28. The van der Waals surface area contributed by atoms with Crippen LogP contribution in [0.15, 0.2) is 54.7 Å². The van der Waals surface area contributed by atoms with Crippen LogP contribution in [0, 0.1) is 0 Å². The average Bonchev–Trinajstić information content (AvgIpc) is 2.71. The molecule has 21 heavy (non-hydrogen) atoms. The molecule has 1 aliphatic heterocycles. The Balaban J connectivity index is 1.87. The Kier molecular flexibility index (Phi) is 3.26. The van der Waals surface area contributed by atoms with Gasteiger partial charge in [0.05, 0.1) is 5.69 Å². The van der Waals surface area contributed by atoms with Gasteiger partial charge in [0.25, 0.3) is 0 Å². The summed E-state index contributed by atoms with van der Waals surface area (Å²) in [4.78, 5) is 16.9. The first-order valence-electron chi connectivity index (χ1n) is 7.09. The minimum Gasteiger partial charge on any atom is -0.331 e. The lowest BCUT2D eigenvalue weighted by molar-refractivity contribution is -0.123. The first-order valence-corrected chi connectivity index (χ1v) is 7.09. The Bertz CT molecular complexity index is 644. The molecule has 1 amide bonds. The van der Waals surface area contributed by atoms with E-state index in [4.69, 9.17) is 0 Å². The van der Waals surface area contributed by atoms with Crippen LogP contribution in [-0.4, -0.2) is 16.4 Å². The molecular formula is C17H19N3O. The van der Waals surface area contributed by atoms with Crippen LogP contribution in [0.25, 0.3) is 0 Å². The van der Waals surface area contributed by atoms with Gasteiger partial charge in [0.1, 0.15) is 11.2 Å². The van der Waals surface area contributed by atoms with Crippen molar-refractivity contribution in [1.82, 2.24) is 15.6 Å². The summed E-state index contributed by atoms with van der Waals surface area (Å²) < 4.78 is 0. The largest absolute Gasteiger partial charge is 0.331 e. The number of pyridine rings is 1. The van der Waals surface area contributed by atoms with Crippen molar-refractivity contribution in [2.75, 3.05) is 0 Å². The average molecular weight is 281 g/mol. The Labute approximate surface area is 124 Å². The van der Waals surface area contributed by atoms with Gasteiger partial charge >= 0.3 is 0 Å². The molecule has 0 saturated carbocycles. The van der Waals surface area contributed by atoms with Crippen LogP contribution < -0.4 is 10.6 Å². The summed E-state index contributed by atoms with van der Waals surface area (Å²) in [6, 6.07) is 15.7. The van der Waals surface area contributed by atoms with E-state index in [0.29, 0.717) is 6.42 Å². The molecule has 2 N–H and O–H groups in total. The SMILES string of the molecule is C[C@@]1(c2ccccn2)NC(=O)[C@](C)(Cc2ccccc2)N1. The van der Waals surface area contributed by atoms with Crippen LogP contribution in [0.2, 0.25) is 0 Å². The van der Waals surface area contributed by atoms with Crippen molar-refractivity contribution >= 4 is 5.91 Å². The van der Waals surface area contributed by atoms with Crippen molar-refractivity contribution in [2.24, 2.45) is 0 Å². The molecule has 0 aliphatic carbocycles. The van der Waals surface area contributed by atoms with E-state index in [-0.39, 0.29) is 5.91 Å². The molecule has 1 aromatic carbocycles. The molecular weight excluding hydrogens is 262 g/mol. The number of amides is 1. The molecule has 0 radical (unpaired) electrons. The van der Waals surface area contributed by atoms with E-state index in [1.54, 1.807) is 6.20 Å². The number of benzene rings is 1. The Morgan fingerprint density at radius 2 is 1.76 bits per heavy atom. The van der Waals surface area contributed by atoms with Gasteiger partial charge in [0.2, 0.25) is 5.91 Å². The monoisotopic (exact) mass is 281 g/mol. The highest BCUT2D eigenvalue weighted by molar-refractivity contribution is 5.89. The van der Waals surface area contributed by atoms with Crippen molar-refractivity contribution in [1.29, 1.82) is 0 Å². The van der Waals surface area contributed by atoms with Crippen molar-refractivity contribution in [2.45, 2.75) is 31.5 Å². The molecule has 1 aromatic heterocycles. The van der Waals surface area contributed by atoms with Crippen molar-refractivity contribution in [3.63, 3.8) is 0 Å². The van der Waals surface area contributed by atoms with Gasteiger partial charge < -0.3 is 5.32 Å².